The first kappa shape index (κ1) is 7.47. The molecule has 0 unspecified atom stereocenters. The zero-order valence-corrected chi connectivity index (χ0v) is 5.77. The first-order valence-electron chi connectivity index (χ1n) is 3.12. The third-order valence-corrected chi connectivity index (χ3v) is 1.20. The minimum absolute atomic E-state index is 0.0469. The standard InChI is InChI=1S/C8H7NO2/c10-8-6-4-2-1-3-5-7(8)9-11/h1-6,11H. The Morgan fingerprint density at radius 3 is 2.36 bits per heavy atom. The van der Waals surface area contributed by atoms with E-state index in [2.05, 4.69) is 5.16 Å². The average Bonchev–Trinajstić information content (AvgIpc) is 1.98. The van der Waals surface area contributed by atoms with E-state index in [-0.39, 0.29) is 10.8 Å². The van der Waals surface area contributed by atoms with Gasteiger partial charge in [-0.1, -0.05) is 29.4 Å². The summed E-state index contributed by atoms with van der Waals surface area (Å²) in [4.78, 5) is 10.9. The van der Waals surface area contributed by atoms with Gasteiger partial charge in [0.2, 0.25) is 5.43 Å². The lowest BCUT2D eigenvalue weighted by molar-refractivity contribution is 0.301. The van der Waals surface area contributed by atoms with Crippen molar-refractivity contribution >= 4 is 0 Å². The fourth-order valence-electron chi connectivity index (χ4n) is 0.668. The van der Waals surface area contributed by atoms with Gasteiger partial charge in [0.1, 0.15) is 5.36 Å². The fraction of sp³-hybridized carbons (Fsp3) is 0. The average molecular weight is 149 g/mol. The maximum atomic E-state index is 10.9. The third-order valence-electron chi connectivity index (χ3n) is 1.20. The SMILES string of the molecule is O=c1ccccccc1=NO. The summed E-state index contributed by atoms with van der Waals surface area (Å²) in [5.41, 5.74) is -0.298. The van der Waals surface area contributed by atoms with Crippen molar-refractivity contribution in [3.8, 4) is 0 Å². The van der Waals surface area contributed by atoms with Gasteiger partial charge < -0.3 is 5.21 Å². The smallest absolute Gasteiger partial charge is 0.207 e. The third kappa shape index (κ3) is 1.89. The zero-order valence-electron chi connectivity index (χ0n) is 5.77. The van der Waals surface area contributed by atoms with Crippen molar-refractivity contribution in [1.82, 2.24) is 0 Å². The maximum Gasteiger partial charge on any atom is 0.207 e. The largest absolute Gasteiger partial charge is 0.410 e. The number of nitrogens with zero attached hydrogens (tertiary/aromatic N) is 1. The van der Waals surface area contributed by atoms with Crippen molar-refractivity contribution in [1.29, 1.82) is 0 Å². The van der Waals surface area contributed by atoms with Gasteiger partial charge in [0.15, 0.2) is 0 Å². The molecule has 3 nitrogen and oxygen atoms in total. The first-order chi connectivity index (χ1) is 5.34. The van der Waals surface area contributed by atoms with Crippen LogP contribution >= 0.6 is 0 Å². The molecule has 1 aromatic carbocycles. The highest BCUT2D eigenvalue weighted by molar-refractivity contribution is 5.00. The number of hydrogen-bond acceptors (Lipinski definition) is 3. The van der Waals surface area contributed by atoms with Crippen LogP contribution in [-0.4, -0.2) is 5.21 Å². The van der Waals surface area contributed by atoms with E-state index in [4.69, 9.17) is 5.21 Å². The Kier molecular flexibility index (Phi) is 2.38. The summed E-state index contributed by atoms with van der Waals surface area (Å²) < 4.78 is 0. The molecular weight excluding hydrogens is 142 g/mol. The summed E-state index contributed by atoms with van der Waals surface area (Å²) in [5, 5.41) is 11.2. The Labute approximate surface area is 63.3 Å². The van der Waals surface area contributed by atoms with Crippen LogP contribution in [-0.2, 0) is 0 Å². The Balaban J connectivity index is 3.55. The van der Waals surface area contributed by atoms with Gasteiger partial charge >= 0.3 is 0 Å². The van der Waals surface area contributed by atoms with Gasteiger partial charge in [-0.25, -0.2) is 0 Å². The van der Waals surface area contributed by atoms with Crippen molar-refractivity contribution in [3.05, 3.63) is 52.0 Å². The quantitative estimate of drug-likeness (QED) is 0.427. The monoisotopic (exact) mass is 149 g/mol. The Morgan fingerprint density at radius 2 is 1.73 bits per heavy atom. The molecule has 0 saturated heterocycles. The molecule has 0 aliphatic carbocycles. The molecule has 0 aliphatic rings. The number of rotatable bonds is 0. The van der Waals surface area contributed by atoms with Gasteiger partial charge in [0.25, 0.3) is 0 Å². The topological polar surface area (TPSA) is 49.7 Å². The van der Waals surface area contributed by atoms with E-state index in [9.17, 15) is 4.79 Å². The lowest BCUT2D eigenvalue weighted by atomic mass is 10.3. The molecule has 3 heteroatoms. The highest BCUT2D eigenvalue weighted by Crippen LogP contribution is 1.71. The van der Waals surface area contributed by atoms with E-state index in [0.717, 1.165) is 0 Å². The van der Waals surface area contributed by atoms with E-state index < -0.39 is 0 Å². The first-order valence-corrected chi connectivity index (χ1v) is 3.12. The molecule has 0 aliphatic heterocycles. The van der Waals surface area contributed by atoms with Crippen LogP contribution in [0, 0.1) is 0 Å². The van der Waals surface area contributed by atoms with Gasteiger partial charge in [-0.05, 0) is 12.1 Å². The minimum Gasteiger partial charge on any atom is -0.410 e. The molecule has 0 aromatic heterocycles. The van der Waals surface area contributed by atoms with Crippen LogP contribution in [0.4, 0.5) is 0 Å². The summed E-state index contributed by atoms with van der Waals surface area (Å²) in [7, 11) is 0. The molecule has 0 fully saturated rings. The van der Waals surface area contributed by atoms with Crippen molar-refractivity contribution in [3.63, 3.8) is 0 Å². The van der Waals surface area contributed by atoms with Crippen molar-refractivity contribution in [2.75, 3.05) is 0 Å². The van der Waals surface area contributed by atoms with Crippen LogP contribution in [0.25, 0.3) is 0 Å². The molecule has 0 heterocycles. The van der Waals surface area contributed by atoms with E-state index >= 15 is 0 Å². The lowest BCUT2D eigenvalue weighted by Crippen LogP contribution is -2.20. The van der Waals surface area contributed by atoms with Crippen LogP contribution in [0.2, 0.25) is 0 Å². The van der Waals surface area contributed by atoms with Crippen LogP contribution in [0.15, 0.2) is 46.3 Å². The van der Waals surface area contributed by atoms with Crippen molar-refractivity contribution in [2.45, 2.75) is 0 Å². The van der Waals surface area contributed by atoms with Gasteiger partial charge in [0.05, 0.1) is 0 Å². The minimum atomic E-state index is -0.298. The van der Waals surface area contributed by atoms with E-state index in [1.54, 1.807) is 24.3 Å². The molecule has 0 saturated carbocycles. The van der Waals surface area contributed by atoms with Gasteiger partial charge in [-0.2, -0.15) is 0 Å². The second-order valence-electron chi connectivity index (χ2n) is 1.95. The molecule has 1 aromatic rings. The predicted molar refractivity (Wildman–Crippen MR) is 40.1 cm³/mol. The summed E-state index contributed by atoms with van der Waals surface area (Å²) >= 11 is 0. The highest BCUT2D eigenvalue weighted by Gasteiger charge is 1.81. The fourth-order valence-corrected chi connectivity index (χ4v) is 0.668. The van der Waals surface area contributed by atoms with Gasteiger partial charge in [0, 0.05) is 0 Å². The Morgan fingerprint density at radius 1 is 1.09 bits per heavy atom. The van der Waals surface area contributed by atoms with E-state index in [1.165, 1.54) is 12.1 Å². The summed E-state index contributed by atoms with van der Waals surface area (Å²) in [6, 6.07) is 9.49. The van der Waals surface area contributed by atoms with E-state index in [1.807, 2.05) is 0 Å². The molecule has 11 heavy (non-hydrogen) atoms. The van der Waals surface area contributed by atoms with Crippen molar-refractivity contribution in [2.24, 2.45) is 5.16 Å². The second kappa shape index (κ2) is 3.51. The lowest BCUT2D eigenvalue weighted by Gasteiger charge is -1.75. The summed E-state index contributed by atoms with van der Waals surface area (Å²) in [6.45, 7) is 0. The molecule has 56 valence electrons. The van der Waals surface area contributed by atoms with Crippen LogP contribution in [0.3, 0.4) is 0 Å². The molecule has 1 rings (SSSR count). The summed E-state index contributed by atoms with van der Waals surface area (Å²) in [5.74, 6) is 0. The predicted octanol–water partition coefficient (Wildman–Crippen LogP) is 0.337. The Bertz CT molecular complexity index is 360. The molecule has 0 atom stereocenters. The van der Waals surface area contributed by atoms with Gasteiger partial charge in [-0.15, -0.1) is 0 Å². The number of hydrogen-bond donors (Lipinski definition) is 1. The van der Waals surface area contributed by atoms with Crippen LogP contribution in [0.1, 0.15) is 0 Å². The molecule has 1 N–H and O–H groups in total. The second-order valence-corrected chi connectivity index (χ2v) is 1.95. The summed E-state index contributed by atoms with van der Waals surface area (Å²) in [6.07, 6.45) is 0. The highest BCUT2D eigenvalue weighted by atomic mass is 16.4. The maximum absolute atomic E-state index is 10.9. The van der Waals surface area contributed by atoms with E-state index in [0.29, 0.717) is 0 Å². The van der Waals surface area contributed by atoms with Gasteiger partial charge in [-0.3, -0.25) is 4.79 Å². The normalized spacial score (nSPS) is 11.1. The zero-order chi connectivity index (χ0) is 8.10. The Hall–Kier alpha value is -1.64. The molecule has 0 amide bonds. The van der Waals surface area contributed by atoms with Crippen LogP contribution < -0.4 is 10.8 Å². The van der Waals surface area contributed by atoms with Crippen molar-refractivity contribution < 1.29 is 5.21 Å². The molecule has 0 bridgehead atoms. The molecule has 0 radical (unpaired) electrons. The molecule has 0 spiro atoms. The van der Waals surface area contributed by atoms with Crippen LogP contribution in [0.5, 0.6) is 0 Å². The molecular formula is C8H7NO2.